The number of halogens is 2. The Morgan fingerprint density at radius 1 is 0.942 bits per heavy atom. The van der Waals surface area contributed by atoms with Gasteiger partial charge < -0.3 is 10.2 Å². The van der Waals surface area contributed by atoms with E-state index in [-0.39, 0.29) is 54.5 Å². The summed E-state index contributed by atoms with van der Waals surface area (Å²) in [6.45, 7) is 11.0. The van der Waals surface area contributed by atoms with E-state index < -0.39 is 77.8 Å². The fourth-order valence-electron chi connectivity index (χ4n) is 7.75. The number of rotatable bonds is 17. The van der Waals surface area contributed by atoms with Crippen molar-refractivity contribution in [3.63, 3.8) is 0 Å². The van der Waals surface area contributed by atoms with Gasteiger partial charge in [0.05, 0.1) is 12.2 Å². The number of hydrogen-bond acceptors (Lipinski definition) is 8. The van der Waals surface area contributed by atoms with Crippen LogP contribution in [0.2, 0.25) is 0 Å². The van der Waals surface area contributed by atoms with Gasteiger partial charge in [-0.05, 0) is 47.5 Å². The van der Waals surface area contributed by atoms with Gasteiger partial charge in [0.1, 0.15) is 11.7 Å². The molecule has 1 N–H and O–H groups in total. The SMILES string of the molecule is CC(C)[C@@H](CC(=O)c1cnccn1)C(=O)N[C@H](C(=O)N1C[C@@H]2CCC[C@@H]2C1C(=O)CC(CC(F)F)C(=O)C(=O)C[C@@H](C)c1ccccc1)C(C)(C)C. The van der Waals surface area contributed by atoms with Crippen molar-refractivity contribution in [2.45, 2.75) is 111 Å². The van der Waals surface area contributed by atoms with Crippen LogP contribution in [0.25, 0.3) is 0 Å². The average Bonchev–Trinajstić information content (AvgIpc) is 3.70. The number of hydrogen-bond donors (Lipinski definition) is 1. The highest BCUT2D eigenvalue weighted by atomic mass is 19.3. The number of carbonyl (C=O) groups is 6. The van der Waals surface area contributed by atoms with Crippen molar-refractivity contribution < 1.29 is 37.5 Å². The number of fused-ring (bicyclic) bond motifs is 1. The number of Topliss-reactive ketones (excluding diaryl/α,β-unsaturated/α-hetero) is 4. The first-order valence-electron chi connectivity index (χ1n) is 18.3. The Kier molecular flexibility index (Phi) is 13.7. The smallest absolute Gasteiger partial charge is 0.246 e. The average molecular weight is 723 g/mol. The van der Waals surface area contributed by atoms with Crippen molar-refractivity contribution in [2.24, 2.45) is 35.0 Å². The zero-order valence-electron chi connectivity index (χ0n) is 31.0. The Hall–Kier alpha value is -4.22. The van der Waals surface area contributed by atoms with Crippen LogP contribution in [-0.4, -0.2) is 74.9 Å². The molecule has 2 fully saturated rings. The second-order valence-corrected chi connectivity index (χ2v) is 16.0. The summed E-state index contributed by atoms with van der Waals surface area (Å²) in [6, 6.07) is 7.02. The van der Waals surface area contributed by atoms with E-state index >= 15 is 0 Å². The highest BCUT2D eigenvalue weighted by Crippen LogP contribution is 2.44. The Balaban J connectivity index is 1.54. The molecule has 0 bridgehead atoms. The van der Waals surface area contributed by atoms with E-state index in [0.29, 0.717) is 6.42 Å². The van der Waals surface area contributed by atoms with Crippen molar-refractivity contribution in [3.05, 3.63) is 60.2 Å². The van der Waals surface area contributed by atoms with Crippen molar-refractivity contribution >= 4 is 34.9 Å². The van der Waals surface area contributed by atoms with Crippen LogP contribution in [0.1, 0.15) is 108 Å². The lowest BCUT2D eigenvalue weighted by molar-refractivity contribution is -0.146. The largest absolute Gasteiger partial charge is 0.344 e. The summed E-state index contributed by atoms with van der Waals surface area (Å²) < 4.78 is 27.7. The second-order valence-electron chi connectivity index (χ2n) is 16.0. The minimum atomic E-state index is -2.92. The van der Waals surface area contributed by atoms with Gasteiger partial charge in [0.25, 0.3) is 0 Å². The Morgan fingerprint density at radius 3 is 2.23 bits per heavy atom. The van der Waals surface area contributed by atoms with Gasteiger partial charge in [-0.25, -0.2) is 13.8 Å². The highest BCUT2D eigenvalue weighted by Gasteiger charge is 2.52. The van der Waals surface area contributed by atoms with Gasteiger partial charge in [0.2, 0.25) is 24.0 Å². The summed E-state index contributed by atoms with van der Waals surface area (Å²) in [5.74, 6) is -6.79. The van der Waals surface area contributed by atoms with E-state index in [0.717, 1.165) is 18.4 Å². The number of aromatic nitrogens is 2. The van der Waals surface area contributed by atoms with Crippen LogP contribution in [-0.2, 0) is 24.0 Å². The fraction of sp³-hybridized carbons (Fsp3) is 0.600. The van der Waals surface area contributed by atoms with Gasteiger partial charge in [0, 0.05) is 56.5 Å². The van der Waals surface area contributed by atoms with Crippen LogP contribution in [0.15, 0.2) is 48.9 Å². The minimum Gasteiger partial charge on any atom is -0.344 e. The first kappa shape index (κ1) is 40.5. The van der Waals surface area contributed by atoms with Crippen LogP contribution in [0.5, 0.6) is 0 Å². The third-order valence-corrected chi connectivity index (χ3v) is 10.7. The predicted octanol–water partition coefficient (Wildman–Crippen LogP) is 6.04. The van der Waals surface area contributed by atoms with Crippen molar-refractivity contribution in [2.75, 3.05) is 6.54 Å². The molecule has 1 aliphatic carbocycles. The van der Waals surface area contributed by atoms with Gasteiger partial charge in [-0.2, -0.15) is 0 Å². The highest BCUT2D eigenvalue weighted by molar-refractivity contribution is 6.38. The summed E-state index contributed by atoms with van der Waals surface area (Å²) in [7, 11) is 0. The maximum absolute atomic E-state index is 14.5. The fourth-order valence-corrected chi connectivity index (χ4v) is 7.75. The van der Waals surface area contributed by atoms with E-state index in [9.17, 15) is 37.5 Å². The second kappa shape index (κ2) is 17.5. The van der Waals surface area contributed by atoms with E-state index in [1.54, 1.807) is 27.7 Å². The first-order chi connectivity index (χ1) is 24.5. The van der Waals surface area contributed by atoms with Crippen LogP contribution >= 0.6 is 0 Å². The van der Waals surface area contributed by atoms with Crippen LogP contribution < -0.4 is 5.32 Å². The maximum Gasteiger partial charge on any atom is 0.246 e. The lowest BCUT2D eigenvalue weighted by atomic mass is 9.82. The molecular weight excluding hydrogens is 670 g/mol. The Labute approximate surface area is 304 Å². The lowest BCUT2D eigenvalue weighted by Gasteiger charge is -2.37. The zero-order chi connectivity index (χ0) is 38.3. The number of ketones is 4. The number of benzene rings is 1. The molecule has 1 saturated heterocycles. The van der Waals surface area contributed by atoms with E-state index in [1.807, 2.05) is 44.2 Å². The molecule has 7 atom stereocenters. The molecule has 4 rings (SSSR count). The first-order valence-corrected chi connectivity index (χ1v) is 18.3. The molecule has 52 heavy (non-hydrogen) atoms. The van der Waals surface area contributed by atoms with E-state index in [1.165, 1.54) is 23.5 Å². The number of nitrogens with zero attached hydrogens (tertiary/aromatic N) is 3. The summed E-state index contributed by atoms with van der Waals surface area (Å²) in [5.41, 5.74) is 0.144. The number of carbonyl (C=O) groups excluding carboxylic acids is 6. The zero-order valence-corrected chi connectivity index (χ0v) is 31.0. The minimum absolute atomic E-state index is 0.000148. The molecule has 1 aliphatic heterocycles. The molecule has 2 unspecified atom stereocenters. The van der Waals surface area contributed by atoms with Gasteiger partial charge in [-0.15, -0.1) is 0 Å². The molecule has 2 aliphatic rings. The van der Waals surface area contributed by atoms with Gasteiger partial charge in [0.15, 0.2) is 17.3 Å². The standard InChI is InChI=1S/C40H52F2N4O6/c1-23(2)29(20-31(47)30-21-43-15-16-44-30)38(51)45-37(40(4,5)6)39(52)46-22-26-13-10-14-28(26)35(46)32(48)18-27(19-34(41)42)36(50)33(49)17-24(3)25-11-8-7-9-12-25/h7-9,11-12,15-16,21,23-24,26-29,34-35,37H,10,13-14,17-20,22H2,1-6H3,(H,45,51)/t24-,26+,27?,28+,29-,35?,37-/m1/s1. The van der Waals surface area contributed by atoms with Crippen LogP contribution in [0, 0.1) is 35.0 Å². The van der Waals surface area contributed by atoms with Gasteiger partial charge >= 0.3 is 0 Å². The quantitative estimate of drug-likeness (QED) is 0.154. The molecule has 0 spiro atoms. The predicted molar refractivity (Wildman–Crippen MR) is 190 cm³/mol. The number of likely N-dealkylation sites (tertiary alicyclic amines) is 1. The van der Waals surface area contributed by atoms with Gasteiger partial charge in [-0.3, -0.25) is 33.8 Å². The van der Waals surface area contributed by atoms with E-state index in [4.69, 9.17) is 0 Å². The van der Waals surface area contributed by atoms with Crippen molar-refractivity contribution in [1.82, 2.24) is 20.2 Å². The van der Waals surface area contributed by atoms with Crippen LogP contribution in [0.3, 0.4) is 0 Å². The summed E-state index contributed by atoms with van der Waals surface area (Å²) in [6.07, 6.45) is 1.67. The van der Waals surface area contributed by atoms with Gasteiger partial charge in [-0.1, -0.05) is 78.3 Å². The summed E-state index contributed by atoms with van der Waals surface area (Å²) in [5, 5.41) is 2.90. The molecule has 282 valence electrons. The molecule has 12 heteroatoms. The molecule has 0 radical (unpaired) electrons. The van der Waals surface area contributed by atoms with E-state index in [2.05, 4.69) is 15.3 Å². The Bertz CT molecular complexity index is 1600. The third-order valence-electron chi connectivity index (χ3n) is 10.7. The lowest BCUT2D eigenvalue weighted by Crippen LogP contribution is -2.58. The third kappa shape index (κ3) is 10.0. The molecule has 1 saturated carbocycles. The molecule has 1 aromatic heterocycles. The molecule has 2 amide bonds. The molecule has 2 heterocycles. The molecule has 1 aromatic carbocycles. The molecular formula is C40H52F2N4O6. The normalized spacial score (nSPS) is 21.0. The number of alkyl halides is 2. The van der Waals surface area contributed by atoms with Crippen molar-refractivity contribution in [1.29, 1.82) is 0 Å². The summed E-state index contributed by atoms with van der Waals surface area (Å²) >= 11 is 0. The molecule has 2 aromatic rings. The Morgan fingerprint density at radius 2 is 1.63 bits per heavy atom. The monoisotopic (exact) mass is 722 g/mol. The van der Waals surface area contributed by atoms with Crippen molar-refractivity contribution in [3.8, 4) is 0 Å². The van der Waals surface area contributed by atoms with Crippen LogP contribution in [0.4, 0.5) is 8.78 Å². The number of nitrogens with one attached hydrogen (secondary N) is 1. The topological polar surface area (TPSA) is 143 Å². The maximum atomic E-state index is 14.5. The molecule has 10 nitrogen and oxygen atoms in total. The number of amides is 2. The summed E-state index contributed by atoms with van der Waals surface area (Å²) in [4.78, 5) is 91.4.